The summed E-state index contributed by atoms with van der Waals surface area (Å²) in [6, 6.07) is 1.34. The molecule has 0 unspecified atom stereocenters. The second-order valence-corrected chi connectivity index (χ2v) is 15.1. The number of likely N-dealkylation sites (tertiary alicyclic amines) is 2. The zero-order chi connectivity index (χ0) is 25.1. The van der Waals surface area contributed by atoms with E-state index in [2.05, 4.69) is 25.8 Å². The number of piperidine rings is 2. The molecule has 0 aromatic carbocycles. The van der Waals surface area contributed by atoms with Crippen LogP contribution in [0.3, 0.4) is 0 Å². The molecule has 5 heteroatoms. The lowest BCUT2D eigenvalue weighted by atomic mass is 9.45. The molecule has 37 heavy (non-hydrogen) atoms. The second kappa shape index (κ2) is 10.7. The quantitative estimate of drug-likeness (QED) is 0.379. The molecule has 6 aliphatic rings. The Morgan fingerprint density at radius 3 is 2.24 bits per heavy atom. The number of halogens is 1. The molecule has 2 saturated heterocycles. The molecule has 6 rings (SSSR count). The second-order valence-electron chi connectivity index (χ2n) is 15.1. The minimum Gasteiger partial charge on any atom is -1.00 e. The van der Waals surface area contributed by atoms with Crippen molar-refractivity contribution in [2.75, 3.05) is 33.2 Å². The highest BCUT2D eigenvalue weighted by Gasteiger charge is 2.66. The van der Waals surface area contributed by atoms with Gasteiger partial charge in [-0.05, 0) is 119 Å². The Morgan fingerprint density at radius 1 is 0.865 bits per heavy atom. The lowest BCUT2D eigenvalue weighted by molar-refractivity contribution is -0.940. The molecule has 4 nitrogen and oxygen atoms in total. The minimum atomic E-state index is -0.0510. The van der Waals surface area contributed by atoms with E-state index in [1.54, 1.807) is 6.92 Å². The Hall–Kier alpha value is -0.130. The third-order valence-electron chi connectivity index (χ3n) is 13.4. The number of ether oxygens (including phenoxy) is 1. The van der Waals surface area contributed by atoms with Crippen LogP contribution < -0.4 is 17.0 Å². The van der Waals surface area contributed by atoms with Crippen molar-refractivity contribution >= 4 is 5.97 Å². The summed E-state index contributed by atoms with van der Waals surface area (Å²) in [5, 5.41) is 0. The van der Waals surface area contributed by atoms with Crippen LogP contribution in [0.4, 0.5) is 0 Å². The standard InChI is InChI=1S/C32H55N2O2.BrH/c1-23(35)36-30-29(34(4)19-9-6-10-20-34)21-28-26-14-12-24-11-13-25(33-17-7-5-8-18-33)22-32(24,3)27(26)15-16-31(28,30)2;/h24-30H,5-22H2,1-4H3;1H/q+1;/p-1/t24-,25-,26-,27+,28+,29+,30+,31+,32+;/m1./s1. The third-order valence-corrected chi connectivity index (χ3v) is 13.4. The van der Waals surface area contributed by atoms with Crippen molar-refractivity contribution in [1.82, 2.24) is 4.90 Å². The number of hydrogen-bond donors (Lipinski definition) is 0. The van der Waals surface area contributed by atoms with Gasteiger partial charge in [0.2, 0.25) is 0 Å². The van der Waals surface area contributed by atoms with E-state index in [-0.39, 0.29) is 34.5 Å². The van der Waals surface area contributed by atoms with E-state index in [4.69, 9.17) is 4.74 Å². The summed E-state index contributed by atoms with van der Waals surface area (Å²) in [7, 11) is 2.50. The van der Waals surface area contributed by atoms with Gasteiger partial charge < -0.3 is 31.1 Å². The summed E-state index contributed by atoms with van der Waals surface area (Å²) >= 11 is 0. The highest BCUT2D eigenvalue weighted by Crippen LogP contribution is 2.67. The smallest absolute Gasteiger partial charge is 0.303 e. The number of carbonyl (C=O) groups is 1. The lowest BCUT2D eigenvalue weighted by Crippen LogP contribution is -3.00. The van der Waals surface area contributed by atoms with Gasteiger partial charge in [-0.1, -0.05) is 20.3 Å². The van der Waals surface area contributed by atoms with Gasteiger partial charge in [0, 0.05) is 24.8 Å². The molecule has 2 aliphatic heterocycles. The lowest BCUT2D eigenvalue weighted by Gasteiger charge is -2.61. The summed E-state index contributed by atoms with van der Waals surface area (Å²) in [5.41, 5.74) is 0.684. The first kappa shape index (κ1) is 28.4. The molecule has 0 spiro atoms. The first-order valence-electron chi connectivity index (χ1n) is 16.0. The van der Waals surface area contributed by atoms with Crippen LogP contribution >= 0.6 is 0 Å². The maximum absolute atomic E-state index is 12.4. The number of hydrogen-bond acceptors (Lipinski definition) is 3. The number of rotatable bonds is 3. The molecule has 0 bridgehead atoms. The molecular weight excluding hydrogens is 524 g/mol. The molecule has 4 saturated carbocycles. The zero-order valence-corrected chi connectivity index (χ0v) is 25.9. The van der Waals surface area contributed by atoms with Gasteiger partial charge in [-0.2, -0.15) is 0 Å². The molecule has 0 amide bonds. The van der Waals surface area contributed by atoms with Gasteiger partial charge in [-0.15, -0.1) is 0 Å². The molecule has 0 aromatic heterocycles. The number of nitrogens with zero attached hydrogens (tertiary/aromatic N) is 2. The van der Waals surface area contributed by atoms with Gasteiger partial charge in [0.05, 0.1) is 20.1 Å². The summed E-state index contributed by atoms with van der Waals surface area (Å²) in [5.74, 6) is 3.34. The average molecular weight is 580 g/mol. The fourth-order valence-corrected chi connectivity index (χ4v) is 11.4. The van der Waals surface area contributed by atoms with Gasteiger partial charge >= 0.3 is 5.97 Å². The number of carbonyl (C=O) groups excluding carboxylic acids is 1. The monoisotopic (exact) mass is 578 g/mol. The van der Waals surface area contributed by atoms with Crippen LogP contribution in [-0.2, 0) is 9.53 Å². The Bertz CT molecular complexity index is 824. The Morgan fingerprint density at radius 2 is 1.54 bits per heavy atom. The van der Waals surface area contributed by atoms with E-state index >= 15 is 0 Å². The van der Waals surface area contributed by atoms with Crippen LogP contribution in [-0.4, -0.2) is 66.8 Å². The summed E-state index contributed by atoms with van der Waals surface area (Å²) in [6.45, 7) is 12.2. The SMILES string of the molecule is CC(=O)O[C@H]1[C@@H]([N+]2(C)CCCCC2)C[C@H]2[C@@H]3CC[C@H]4CC[C@@H](N5CCCCC5)C[C@]4(C)[C@H]3CC[C@@]21C.[Br-]. The van der Waals surface area contributed by atoms with Gasteiger partial charge in [0.25, 0.3) is 0 Å². The summed E-state index contributed by atoms with van der Waals surface area (Å²) in [6.07, 6.45) is 19.6. The first-order chi connectivity index (χ1) is 17.2. The fourth-order valence-electron chi connectivity index (χ4n) is 11.4. The van der Waals surface area contributed by atoms with Crippen molar-refractivity contribution in [3.63, 3.8) is 0 Å². The van der Waals surface area contributed by atoms with Gasteiger partial charge in [0.1, 0.15) is 6.04 Å². The van der Waals surface area contributed by atoms with E-state index in [0.717, 1.165) is 34.2 Å². The Balaban J connectivity index is 0.00000280. The molecule has 212 valence electrons. The molecule has 4 aliphatic carbocycles. The van der Waals surface area contributed by atoms with Gasteiger partial charge in [0.15, 0.2) is 6.10 Å². The predicted octanol–water partition coefficient (Wildman–Crippen LogP) is 3.43. The maximum Gasteiger partial charge on any atom is 0.303 e. The number of esters is 1. The van der Waals surface area contributed by atoms with Crippen molar-refractivity contribution in [2.45, 2.75) is 129 Å². The van der Waals surface area contributed by atoms with Crippen molar-refractivity contribution < 1.29 is 31.0 Å². The van der Waals surface area contributed by atoms with Crippen molar-refractivity contribution in [1.29, 1.82) is 0 Å². The van der Waals surface area contributed by atoms with Crippen LogP contribution in [0.1, 0.15) is 111 Å². The van der Waals surface area contributed by atoms with E-state index in [1.807, 2.05) is 0 Å². The first-order valence-corrected chi connectivity index (χ1v) is 16.0. The minimum absolute atomic E-state index is 0. The molecule has 2 heterocycles. The highest BCUT2D eigenvalue weighted by molar-refractivity contribution is 5.66. The van der Waals surface area contributed by atoms with Crippen LogP contribution in [0.25, 0.3) is 0 Å². The summed E-state index contributed by atoms with van der Waals surface area (Å²) in [4.78, 5) is 15.3. The van der Waals surface area contributed by atoms with E-state index < -0.39 is 0 Å². The maximum atomic E-state index is 12.4. The largest absolute Gasteiger partial charge is 1.00 e. The molecule has 9 atom stereocenters. The number of fused-ring (bicyclic) bond motifs is 5. The van der Waals surface area contributed by atoms with Crippen LogP contribution in [0, 0.1) is 34.5 Å². The van der Waals surface area contributed by atoms with E-state index in [0.29, 0.717) is 11.5 Å². The topological polar surface area (TPSA) is 29.5 Å². The van der Waals surface area contributed by atoms with Crippen LogP contribution in [0.2, 0.25) is 0 Å². The van der Waals surface area contributed by atoms with Crippen LogP contribution in [0.5, 0.6) is 0 Å². The normalized spacial score (nSPS) is 47.6. The third kappa shape index (κ3) is 4.77. The van der Waals surface area contributed by atoms with E-state index in [1.165, 1.54) is 116 Å². The summed E-state index contributed by atoms with van der Waals surface area (Å²) < 4.78 is 7.51. The predicted molar refractivity (Wildman–Crippen MR) is 145 cm³/mol. The fraction of sp³-hybridized carbons (Fsp3) is 0.969. The van der Waals surface area contributed by atoms with E-state index in [9.17, 15) is 4.79 Å². The Kier molecular flexibility index (Phi) is 8.21. The van der Waals surface area contributed by atoms with Crippen LogP contribution in [0.15, 0.2) is 0 Å². The Labute approximate surface area is 238 Å². The molecular formula is C32H55BrN2O2. The van der Waals surface area contributed by atoms with Crippen molar-refractivity contribution in [3.8, 4) is 0 Å². The number of likely N-dealkylation sites (N-methyl/N-ethyl adjacent to an activating group) is 1. The highest BCUT2D eigenvalue weighted by atomic mass is 79.9. The molecule has 0 aromatic rings. The van der Waals surface area contributed by atoms with Gasteiger partial charge in [-0.3, -0.25) is 4.79 Å². The number of quaternary nitrogens is 1. The molecule has 0 radical (unpaired) electrons. The van der Waals surface area contributed by atoms with Crippen molar-refractivity contribution in [2.24, 2.45) is 34.5 Å². The molecule has 0 N–H and O–H groups in total. The average Bonchev–Trinajstić information content (AvgIpc) is 3.17. The molecule has 6 fully saturated rings. The van der Waals surface area contributed by atoms with Gasteiger partial charge in [-0.25, -0.2) is 0 Å². The van der Waals surface area contributed by atoms with Crippen molar-refractivity contribution in [3.05, 3.63) is 0 Å². The zero-order valence-electron chi connectivity index (χ0n) is 24.4.